The average Bonchev–Trinajstić information content (AvgIpc) is 2.65. The van der Waals surface area contributed by atoms with Crippen molar-refractivity contribution >= 4 is 39.3 Å². The summed E-state index contributed by atoms with van der Waals surface area (Å²) in [5.74, 6) is 0. The predicted molar refractivity (Wildman–Crippen MR) is 90.5 cm³/mol. The molecule has 0 atom stereocenters. The van der Waals surface area contributed by atoms with Gasteiger partial charge < -0.3 is 9.55 Å². The van der Waals surface area contributed by atoms with Crippen LogP contribution in [0.5, 0.6) is 0 Å². The summed E-state index contributed by atoms with van der Waals surface area (Å²) in [6, 6.07) is 2.03. The number of hydrogen-bond donors (Lipinski definition) is 1. The molecule has 110 valence electrons. The molecule has 0 amide bonds. The van der Waals surface area contributed by atoms with E-state index in [0.29, 0.717) is 0 Å². The number of aromatic amines is 1. The summed E-state index contributed by atoms with van der Waals surface area (Å²) in [4.78, 5) is 7.74. The molecular formula is C15H22BrN3S. The molecule has 0 aliphatic carbocycles. The van der Waals surface area contributed by atoms with Crippen molar-refractivity contribution in [2.24, 2.45) is 5.41 Å². The molecule has 2 rings (SSSR count). The Morgan fingerprint density at radius 1 is 1.40 bits per heavy atom. The van der Waals surface area contributed by atoms with Crippen molar-refractivity contribution in [3.8, 4) is 0 Å². The van der Waals surface area contributed by atoms with E-state index in [1.54, 1.807) is 0 Å². The first kappa shape index (κ1) is 15.7. The Kier molecular flexibility index (Phi) is 5.02. The maximum Gasteiger partial charge on any atom is 0.179 e. The monoisotopic (exact) mass is 355 g/mol. The number of nitrogens with zero attached hydrogens (tertiary/aromatic N) is 2. The number of unbranched alkanes of at least 4 members (excludes halogenated alkanes) is 2. The smallest absolute Gasteiger partial charge is 0.179 e. The summed E-state index contributed by atoms with van der Waals surface area (Å²) >= 11 is 8.90. The Bertz CT molecular complexity index is 642. The SMILES string of the molecule is CCCCCC(C)(C)Cn1c(=S)[nH]c2cc(Br)cnc21. The van der Waals surface area contributed by atoms with Crippen molar-refractivity contribution in [3.05, 3.63) is 21.5 Å². The van der Waals surface area contributed by atoms with E-state index in [2.05, 4.69) is 51.2 Å². The van der Waals surface area contributed by atoms with E-state index < -0.39 is 0 Å². The van der Waals surface area contributed by atoms with Crippen LogP contribution in [0.25, 0.3) is 11.2 Å². The number of imidazole rings is 1. The molecule has 0 aliphatic rings. The van der Waals surface area contributed by atoms with Crippen molar-refractivity contribution in [2.45, 2.75) is 53.0 Å². The molecular weight excluding hydrogens is 334 g/mol. The maximum absolute atomic E-state index is 5.45. The molecule has 2 heterocycles. The largest absolute Gasteiger partial charge is 0.329 e. The fraction of sp³-hybridized carbons (Fsp3) is 0.600. The van der Waals surface area contributed by atoms with Crippen LogP contribution in [0.15, 0.2) is 16.7 Å². The second-order valence-electron chi connectivity index (χ2n) is 6.16. The number of rotatable bonds is 6. The first-order valence-electron chi connectivity index (χ1n) is 7.17. The van der Waals surface area contributed by atoms with Gasteiger partial charge >= 0.3 is 0 Å². The van der Waals surface area contributed by atoms with Crippen molar-refractivity contribution in [1.29, 1.82) is 0 Å². The lowest BCUT2D eigenvalue weighted by Gasteiger charge is -2.25. The van der Waals surface area contributed by atoms with Gasteiger partial charge in [0.1, 0.15) is 0 Å². The molecule has 5 heteroatoms. The summed E-state index contributed by atoms with van der Waals surface area (Å²) in [6.07, 6.45) is 6.88. The minimum absolute atomic E-state index is 0.233. The van der Waals surface area contributed by atoms with E-state index in [-0.39, 0.29) is 5.41 Å². The van der Waals surface area contributed by atoms with Gasteiger partial charge in [0.2, 0.25) is 0 Å². The highest BCUT2D eigenvalue weighted by Gasteiger charge is 2.20. The Morgan fingerprint density at radius 3 is 2.85 bits per heavy atom. The zero-order valence-electron chi connectivity index (χ0n) is 12.4. The van der Waals surface area contributed by atoms with Crippen molar-refractivity contribution in [1.82, 2.24) is 14.5 Å². The lowest BCUT2D eigenvalue weighted by Crippen LogP contribution is -2.20. The average molecular weight is 356 g/mol. The molecule has 2 aromatic heterocycles. The molecule has 20 heavy (non-hydrogen) atoms. The lowest BCUT2D eigenvalue weighted by atomic mass is 9.87. The normalized spacial score (nSPS) is 12.2. The van der Waals surface area contributed by atoms with Gasteiger partial charge in [-0.3, -0.25) is 0 Å². The maximum atomic E-state index is 5.45. The fourth-order valence-electron chi connectivity index (χ4n) is 2.53. The topological polar surface area (TPSA) is 33.6 Å². The highest BCUT2D eigenvalue weighted by Crippen LogP contribution is 2.28. The van der Waals surface area contributed by atoms with Gasteiger partial charge in [0.15, 0.2) is 10.4 Å². The molecule has 1 N–H and O–H groups in total. The minimum Gasteiger partial charge on any atom is -0.329 e. The van der Waals surface area contributed by atoms with E-state index in [4.69, 9.17) is 12.2 Å². The Morgan fingerprint density at radius 2 is 2.15 bits per heavy atom. The molecule has 0 radical (unpaired) electrons. The van der Waals surface area contributed by atoms with Crippen LogP contribution in [0.3, 0.4) is 0 Å². The molecule has 0 spiro atoms. The molecule has 3 nitrogen and oxygen atoms in total. The second kappa shape index (κ2) is 6.39. The third kappa shape index (κ3) is 3.70. The standard InChI is InChI=1S/C15H22BrN3S/c1-4-5-6-7-15(2,3)10-19-13-12(18-14(19)20)8-11(16)9-17-13/h8-9H,4-7,10H2,1-3H3,(H,18,20). The van der Waals surface area contributed by atoms with Crippen molar-refractivity contribution in [3.63, 3.8) is 0 Å². The third-order valence-corrected chi connectivity index (χ3v) is 4.38. The third-order valence-electron chi connectivity index (χ3n) is 3.62. The van der Waals surface area contributed by atoms with Crippen LogP contribution in [0.2, 0.25) is 0 Å². The van der Waals surface area contributed by atoms with Gasteiger partial charge in [-0.2, -0.15) is 0 Å². The Labute approximate surface area is 133 Å². The number of hydrogen-bond acceptors (Lipinski definition) is 2. The van der Waals surface area contributed by atoms with Gasteiger partial charge in [0.25, 0.3) is 0 Å². The molecule has 2 aromatic rings. The van der Waals surface area contributed by atoms with Gasteiger partial charge in [-0.05, 0) is 46.0 Å². The number of nitrogens with one attached hydrogen (secondary N) is 1. The van der Waals surface area contributed by atoms with Gasteiger partial charge in [0.05, 0.1) is 5.52 Å². The van der Waals surface area contributed by atoms with Crippen LogP contribution in [0.4, 0.5) is 0 Å². The van der Waals surface area contributed by atoms with E-state index in [0.717, 1.165) is 27.0 Å². The highest BCUT2D eigenvalue weighted by molar-refractivity contribution is 9.10. The summed E-state index contributed by atoms with van der Waals surface area (Å²) in [6.45, 7) is 7.76. The van der Waals surface area contributed by atoms with Gasteiger partial charge in [0, 0.05) is 17.2 Å². The number of pyridine rings is 1. The van der Waals surface area contributed by atoms with Gasteiger partial charge in [-0.15, -0.1) is 0 Å². The Hall–Kier alpha value is -0.680. The molecule has 0 saturated heterocycles. The minimum atomic E-state index is 0.233. The summed E-state index contributed by atoms with van der Waals surface area (Å²) in [7, 11) is 0. The molecule has 0 saturated carbocycles. The van der Waals surface area contributed by atoms with Gasteiger partial charge in [-0.1, -0.05) is 40.0 Å². The predicted octanol–water partition coefficient (Wildman–Crippen LogP) is 5.46. The number of fused-ring (bicyclic) bond motifs is 1. The molecule has 0 fully saturated rings. The van der Waals surface area contributed by atoms with E-state index in [1.165, 1.54) is 25.7 Å². The molecule has 0 unspecified atom stereocenters. The van der Waals surface area contributed by atoms with Crippen LogP contribution >= 0.6 is 28.1 Å². The van der Waals surface area contributed by atoms with Gasteiger partial charge in [-0.25, -0.2) is 4.98 Å². The van der Waals surface area contributed by atoms with E-state index in [1.807, 2.05) is 12.3 Å². The van der Waals surface area contributed by atoms with Crippen LogP contribution in [0, 0.1) is 10.2 Å². The van der Waals surface area contributed by atoms with Crippen molar-refractivity contribution < 1.29 is 0 Å². The summed E-state index contributed by atoms with van der Waals surface area (Å²) in [5, 5.41) is 0. The fourth-order valence-corrected chi connectivity index (χ4v) is 3.12. The van der Waals surface area contributed by atoms with Crippen molar-refractivity contribution in [2.75, 3.05) is 0 Å². The summed E-state index contributed by atoms with van der Waals surface area (Å²) < 4.78 is 3.85. The number of aromatic nitrogens is 3. The van der Waals surface area contributed by atoms with Crippen LogP contribution in [-0.2, 0) is 6.54 Å². The number of H-pyrrole nitrogens is 1. The van der Waals surface area contributed by atoms with E-state index >= 15 is 0 Å². The second-order valence-corrected chi connectivity index (χ2v) is 7.46. The van der Waals surface area contributed by atoms with E-state index in [9.17, 15) is 0 Å². The zero-order chi connectivity index (χ0) is 14.8. The van der Waals surface area contributed by atoms with Crippen LogP contribution in [-0.4, -0.2) is 14.5 Å². The Balaban J connectivity index is 2.24. The molecule has 0 aromatic carbocycles. The zero-order valence-corrected chi connectivity index (χ0v) is 14.8. The quantitative estimate of drug-likeness (QED) is 0.551. The first-order valence-corrected chi connectivity index (χ1v) is 8.37. The molecule has 0 aliphatic heterocycles. The summed E-state index contributed by atoms with van der Waals surface area (Å²) in [5.41, 5.74) is 2.17. The lowest BCUT2D eigenvalue weighted by molar-refractivity contribution is 0.273. The number of halogens is 1. The molecule has 0 bridgehead atoms. The van der Waals surface area contributed by atoms with Crippen LogP contribution < -0.4 is 0 Å². The van der Waals surface area contributed by atoms with Crippen LogP contribution in [0.1, 0.15) is 46.5 Å². The highest BCUT2D eigenvalue weighted by atomic mass is 79.9. The first-order chi connectivity index (χ1) is 9.43.